The van der Waals surface area contributed by atoms with Gasteiger partial charge in [0.05, 0.1) is 6.04 Å². The Bertz CT molecular complexity index is 257. The maximum absolute atomic E-state index is 11.9. The molecule has 3 atom stereocenters. The van der Waals surface area contributed by atoms with Gasteiger partial charge in [-0.25, -0.2) is 0 Å². The molecule has 4 nitrogen and oxygen atoms in total. The minimum absolute atomic E-state index is 0.0704. The summed E-state index contributed by atoms with van der Waals surface area (Å²) in [6.07, 6.45) is 4.36. The van der Waals surface area contributed by atoms with Gasteiger partial charge in [-0.2, -0.15) is 0 Å². The van der Waals surface area contributed by atoms with Crippen molar-refractivity contribution in [2.24, 2.45) is 11.7 Å². The maximum atomic E-state index is 11.9. The van der Waals surface area contributed by atoms with Crippen molar-refractivity contribution >= 4 is 5.91 Å². The Kier molecular flexibility index (Phi) is 3.82. The molecule has 2 aliphatic rings. The highest BCUT2D eigenvalue weighted by atomic mass is 16.2. The number of carbonyl (C=O) groups excluding carboxylic acids is 1. The molecule has 2 heterocycles. The maximum Gasteiger partial charge on any atom is 0.237 e. The zero-order valence-electron chi connectivity index (χ0n) is 10.1. The Balaban J connectivity index is 1.97. The van der Waals surface area contributed by atoms with Crippen LogP contribution in [0.15, 0.2) is 0 Å². The Morgan fingerprint density at radius 3 is 2.94 bits per heavy atom. The Hall–Kier alpha value is -0.610. The van der Waals surface area contributed by atoms with E-state index in [-0.39, 0.29) is 18.0 Å². The van der Waals surface area contributed by atoms with Gasteiger partial charge in [0.1, 0.15) is 0 Å². The van der Waals surface area contributed by atoms with Gasteiger partial charge in [0.15, 0.2) is 0 Å². The molecule has 2 fully saturated rings. The summed E-state index contributed by atoms with van der Waals surface area (Å²) in [6, 6.07) is 0.297. The molecule has 0 saturated carbocycles. The van der Waals surface area contributed by atoms with Crippen molar-refractivity contribution in [2.75, 3.05) is 19.6 Å². The average molecular weight is 225 g/mol. The van der Waals surface area contributed by atoms with E-state index in [2.05, 4.69) is 17.1 Å². The standard InChI is InChI=1S/C12H23N3O/c1-9-5-7-15(8-10(9)13)11-4-2-3-6-14-12(11)16/h9-11H,2-8,13H2,1H3,(H,14,16). The lowest BCUT2D eigenvalue weighted by molar-refractivity contribution is -0.126. The highest BCUT2D eigenvalue weighted by molar-refractivity contribution is 5.81. The molecule has 2 rings (SSSR count). The van der Waals surface area contributed by atoms with Crippen LogP contribution in [-0.4, -0.2) is 42.5 Å². The monoisotopic (exact) mass is 225 g/mol. The van der Waals surface area contributed by atoms with Crippen LogP contribution in [0.1, 0.15) is 32.6 Å². The average Bonchev–Trinajstić information content (AvgIpc) is 2.47. The molecule has 2 aliphatic heterocycles. The van der Waals surface area contributed by atoms with E-state index in [0.717, 1.165) is 45.3 Å². The van der Waals surface area contributed by atoms with Crippen LogP contribution in [0.25, 0.3) is 0 Å². The zero-order valence-corrected chi connectivity index (χ0v) is 10.1. The van der Waals surface area contributed by atoms with Crippen LogP contribution in [-0.2, 0) is 4.79 Å². The minimum atomic E-state index is 0.0704. The predicted octanol–water partition coefficient (Wildman–Crippen LogP) is 0.324. The quantitative estimate of drug-likeness (QED) is 0.676. The fourth-order valence-corrected chi connectivity index (χ4v) is 2.68. The van der Waals surface area contributed by atoms with E-state index in [1.54, 1.807) is 0 Å². The molecule has 16 heavy (non-hydrogen) atoms. The van der Waals surface area contributed by atoms with Crippen LogP contribution < -0.4 is 11.1 Å². The first-order chi connectivity index (χ1) is 7.68. The Labute approximate surface area is 97.6 Å². The fraction of sp³-hybridized carbons (Fsp3) is 0.917. The number of nitrogens with zero attached hydrogens (tertiary/aromatic N) is 1. The van der Waals surface area contributed by atoms with Gasteiger partial charge in [0.25, 0.3) is 0 Å². The number of piperidine rings is 1. The second-order valence-electron chi connectivity index (χ2n) is 5.23. The summed E-state index contributed by atoms with van der Waals surface area (Å²) in [4.78, 5) is 14.2. The number of rotatable bonds is 1. The topological polar surface area (TPSA) is 58.4 Å². The highest BCUT2D eigenvalue weighted by Crippen LogP contribution is 2.21. The smallest absolute Gasteiger partial charge is 0.237 e. The van der Waals surface area contributed by atoms with Gasteiger partial charge < -0.3 is 11.1 Å². The summed E-state index contributed by atoms with van der Waals surface area (Å²) < 4.78 is 0. The largest absolute Gasteiger partial charge is 0.355 e. The van der Waals surface area contributed by atoms with E-state index >= 15 is 0 Å². The summed E-state index contributed by atoms with van der Waals surface area (Å²) in [5, 5.41) is 3.00. The first-order valence-corrected chi connectivity index (χ1v) is 6.46. The van der Waals surface area contributed by atoms with E-state index in [1.165, 1.54) is 0 Å². The first-order valence-electron chi connectivity index (χ1n) is 6.46. The zero-order chi connectivity index (χ0) is 11.5. The molecule has 0 aliphatic carbocycles. The van der Waals surface area contributed by atoms with E-state index in [0.29, 0.717) is 5.92 Å². The van der Waals surface area contributed by atoms with Crippen LogP contribution in [0.3, 0.4) is 0 Å². The molecule has 0 aromatic carbocycles. The van der Waals surface area contributed by atoms with Crippen molar-refractivity contribution in [1.82, 2.24) is 10.2 Å². The third-order valence-electron chi connectivity index (χ3n) is 3.99. The van der Waals surface area contributed by atoms with Crippen molar-refractivity contribution in [3.63, 3.8) is 0 Å². The molecule has 92 valence electrons. The molecule has 4 heteroatoms. The molecule has 0 radical (unpaired) electrons. The van der Waals surface area contributed by atoms with Gasteiger partial charge in [-0.05, 0) is 38.1 Å². The van der Waals surface area contributed by atoms with Crippen LogP contribution in [0.5, 0.6) is 0 Å². The third kappa shape index (κ3) is 2.55. The predicted molar refractivity (Wildman–Crippen MR) is 64.0 cm³/mol. The number of likely N-dealkylation sites (tertiary alicyclic amines) is 1. The molecule has 0 spiro atoms. The SMILES string of the molecule is CC1CCN(C2CCCCNC2=O)CC1N. The molecule has 3 N–H and O–H groups in total. The number of nitrogens with one attached hydrogen (secondary N) is 1. The Morgan fingerprint density at radius 2 is 2.19 bits per heavy atom. The van der Waals surface area contributed by atoms with E-state index < -0.39 is 0 Å². The fourth-order valence-electron chi connectivity index (χ4n) is 2.68. The van der Waals surface area contributed by atoms with E-state index in [4.69, 9.17) is 5.73 Å². The second-order valence-corrected chi connectivity index (χ2v) is 5.23. The van der Waals surface area contributed by atoms with Crippen molar-refractivity contribution in [3.8, 4) is 0 Å². The second kappa shape index (κ2) is 5.15. The number of carbonyl (C=O) groups is 1. The number of hydrogen-bond donors (Lipinski definition) is 2. The van der Waals surface area contributed by atoms with Gasteiger partial charge in [-0.1, -0.05) is 6.92 Å². The summed E-state index contributed by atoms with van der Waals surface area (Å²) in [5.74, 6) is 0.796. The molecule has 2 saturated heterocycles. The summed E-state index contributed by atoms with van der Waals surface area (Å²) >= 11 is 0. The molecule has 0 aromatic heterocycles. The first kappa shape index (κ1) is 11.9. The lowest BCUT2D eigenvalue weighted by Gasteiger charge is -2.38. The Morgan fingerprint density at radius 1 is 1.38 bits per heavy atom. The van der Waals surface area contributed by atoms with Crippen LogP contribution >= 0.6 is 0 Å². The molecule has 3 unspecified atom stereocenters. The van der Waals surface area contributed by atoms with Crippen molar-refractivity contribution < 1.29 is 4.79 Å². The van der Waals surface area contributed by atoms with Crippen molar-refractivity contribution in [3.05, 3.63) is 0 Å². The summed E-state index contributed by atoms with van der Waals surface area (Å²) in [7, 11) is 0. The molecule has 0 bridgehead atoms. The van der Waals surface area contributed by atoms with Crippen LogP contribution in [0, 0.1) is 5.92 Å². The lowest BCUT2D eigenvalue weighted by atomic mass is 9.92. The molecular formula is C12H23N3O. The van der Waals surface area contributed by atoms with E-state index in [1.807, 2.05) is 0 Å². The van der Waals surface area contributed by atoms with Crippen molar-refractivity contribution in [2.45, 2.75) is 44.7 Å². The number of hydrogen-bond acceptors (Lipinski definition) is 3. The highest BCUT2D eigenvalue weighted by Gasteiger charge is 2.32. The lowest BCUT2D eigenvalue weighted by Crippen LogP contribution is -2.55. The normalized spacial score (nSPS) is 37.9. The van der Waals surface area contributed by atoms with Gasteiger partial charge in [-0.3, -0.25) is 9.69 Å². The molecular weight excluding hydrogens is 202 g/mol. The van der Waals surface area contributed by atoms with Gasteiger partial charge in [-0.15, -0.1) is 0 Å². The van der Waals surface area contributed by atoms with Crippen molar-refractivity contribution in [1.29, 1.82) is 0 Å². The minimum Gasteiger partial charge on any atom is -0.355 e. The van der Waals surface area contributed by atoms with E-state index in [9.17, 15) is 4.79 Å². The summed E-state index contributed by atoms with van der Waals surface area (Å²) in [5.41, 5.74) is 6.09. The summed E-state index contributed by atoms with van der Waals surface area (Å²) in [6.45, 7) is 4.94. The van der Waals surface area contributed by atoms with Crippen LogP contribution in [0.4, 0.5) is 0 Å². The molecule has 0 aromatic rings. The third-order valence-corrected chi connectivity index (χ3v) is 3.99. The van der Waals surface area contributed by atoms with Gasteiger partial charge in [0.2, 0.25) is 5.91 Å². The number of nitrogens with two attached hydrogens (primary N) is 1. The molecule has 1 amide bonds. The number of amides is 1. The van der Waals surface area contributed by atoms with Gasteiger partial charge >= 0.3 is 0 Å². The van der Waals surface area contributed by atoms with Gasteiger partial charge in [0, 0.05) is 19.1 Å². The van der Waals surface area contributed by atoms with Crippen LogP contribution in [0.2, 0.25) is 0 Å².